The summed E-state index contributed by atoms with van der Waals surface area (Å²) < 4.78 is 0. The highest BCUT2D eigenvalue weighted by Crippen LogP contribution is 2.30. The van der Waals surface area contributed by atoms with E-state index in [1.165, 1.54) is 72.4 Å². The largest absolute Gasteiger partial charge is 0.364 e. The lowest BCUT2D eigenvalue weighted by atomic mass is 9.95. The van der Waals surface area contributed by atoms with Crippen molar-refractivity contribution < 1.29 is 0 Å². The van der Waals surface area contributed by atoms with Crippen molar-refractivity contribution in [1.82, 2.24) is 9.88 Å². The Kier molecular flexibility index (Phi) is 12.5. The van der Waals surface area contributed by atoms with E-state index in [4.69, 9.17) is 4.98 Å². The number of piperidine rings is 1. The molecular formula is C43H51Cl2N3. The van der Waals surface area contributed by atoms with Gasteiger partial charge in [-0.1, -0.05) is 48.0 Å². The first-order valence-electron chi connectivity index (χ1n) is 16.9. The fraction of sp³-hybridized carbons (Fsp3) is 0.326. The van der Waals surface area contributed by atoms with Gasteiger partial charge in [0, 0.05) is 49.7 Å². The molecule has 252 valence electrons. The molecule has 5 aromatic rings. The third-order valence-electron chi connectivity index (χ3n) is 10.4. The number of benzene rings is 4. The van der Waals surface area contributed by atoms with Crippen molar-refractivity contribution in [2.45, 2.75) is 80.4 Å². The fourth-order valence-corrected chi connectivity index (χ4v) is 6.98. The first-order chi connectivity index (χ1) is 22.1. The van der Waals surface area contributed by atoms with E-state index in [0.717, 1.165) is 44.7 Å². The molecule has 1 aliphatic heterocycles. The van der Waals surface area contributed by atoms with Crippen LogP contribution in [0.15, 0.2) is 91.1 Å². The number of aryl methyl sites for hydroxylation is 5. The van der Waals surface area contributed by atoms with Crippen LogP contribution in [-0.2, 0) is 13.1 Å². The summed E-state index contributed by atoms with van der Waals surface area (Å²) in [5.41, 5.74) is 18.3. The number of hydrogen-bond donors (Lipinski definition) is 0. The van der Waals surface area contributed by atoms with Crippen molar-refractivity contribution in [2.24, 2.45) is 0 Å². The van der Waals surface area contributed by atoms with Gasteiger partial charge in [0.25, 0.3) is 0 Å². The van der Waals surface area contributed by atoms with Gasteiger partial charge >= 0.3 is 0 Å². The number of hydrogen-bond acceptors (Lipinski definition) is 3. The molecule has 0 atom stereocenters. The van der Waals surface area contributed by atoms with Crippen LogP contribution in [0, 0.1) is 48.5 Å². The summed E-state index contributed by atoms with van der Waals surface area (Å²) in [5, 5.41) is 0. The van der Waals surface area contributed by atoms with Gasteiger partial charge in [-0.05, 0) is 159 Å². The lowest BCUT2D eigenvalue weighted by Crippen LogP contribution is -2.44. The van der Waals surface area contributed by atoms with E-state index in [-0.39, 0.29) is 24.8 Å². The molecule has 1 aromatic heterocycles. The normalized spacial score (nSPS) is 13.5. The first kappa shape index (κ1) is 37.2. The Hall–Kier alpha value is -3.63. The van der Waals surface area contributed by atoms with Gasteiger partial charge in [-0.25, -0.2) is 0 Å². The Bertz CT molecular complexity index is 1790. The van der Waals surface area contributed by atoms with Crippen LogP contribution in [0.2, 0.25) is 0 Å². The maximum Gasteiger partial charge on any atom is 0.0705 e. The summed E-state index contributed by atoms with van der Waals surface area (Å²) in [4.78, 5) is 10.1. The van der Waals surface area contributed by atoms with Crippen LogP contribution in [0.25, 0.3) is 22.4 Å². The summed E-state index contributed by atoms with van der Waals surface area (Å²) in [7, 11) is 0. The van der Waals surface area contributed by atoms with Crippen molar-refractivity contribution >= 4 is 30.5 Å². The van der Waals surface area contributed by atoms with Crippen LogP contribution in [-0.4, -0.2) is 29.0 Å². The topological polar surface area (TPSA) is 19.4 Å². The van der Waals surface area contributed by atoms with E-state index in [0.29, 0.717) is 6.04 Å². The molecule has 1 saturated heterocycles. The molecule has 1 fully saturated rings. The minimum Gasteiger partial charge on any atom is -0.364 e. The summed E-state index contributed by atoms with van der Waals surface area (Å²) in [6, 6.07) is 32.5. The maximum atomic E-state index is 4.79. The molecule has 48 heavy (non-hydrogen) atoms. The molecule has 0 aliphatic carbocycles. The predicted molar refractivity (Wildman–Crippen MR) is 210 cm³/mol. The lowest BCUT2D eigenvalue weighted by molar-refractivity contribution is 0.201. The number of likely N-dealkylation sites (tertiary alicyclic amines) is 1. The Morgan fingerprint density at radius 2 is 1.21 bits per heavy atom. The highest BCUT2D eigenvalue weighted by Gasteiger charge is 2.25. The molecule has 5 heteroatoms. The Morgan fingerprint density at radius 3 is 1.81 bits per heavy atom. The molecule has 0 amide bonds. The summed E-state index contributed by atoms with van der Waals surface area (Å²) >= 11 is 0. The van der Waals surface area contributed by atoms with Crippen molar-refractivity contribution in [3.8, 4) is 22.4 Å². The quantitative estimate of drug-likeness (QED) is 0.163. The smallest absolute Gasteiger partial charge is 0.0705 e. The summed E-state index contributed by atoms with van der Waals surface area (Å²) in [6.45, 7) is 19.5. The molecule has 0 radical (unpaired) electrons. The van der Waals surface area contributed by atoms with Gasteiger partial charge in [0.2, 0.25) is 0 Å². The van der Waals surface area contributed by atoms with Gasteiger partial charge < -0.3 is 4.90 Å². The third kappa shape index (κ3) is 8.50. The number of anilines is 1. The molecule has 0 spiro atoms. The second-order valence-corrected chi connectivity index (χ2v) is 13.7. The van der Waals surface area contributed by atoms with Gasteiger partial charge in [0.1, 0.15) is 0 Å². The third-order valence-corrected chi connectivity index (χ3v) is 10.4. The molecule has 0 unspecified atom stereocenters. The molecule has 0 bridgehead atoms. The molecule has 2 heterocycles. The zero-order valence-corrected chi connectivity index (χ0v) is 31.3. The van der Waals surface area contributed by atoms with Crippen molar-refractivity contribution in [3.05, 3.63) is 141 Å². The average molecular weight is 681 g/mol. The van der Waals surface area contributed by atoms with Crippen LogP contribution in [0.1, 0.15) is 62.9 Å². The van der Waals surface area contributed by atoms with E-state index in [1.54, 1.807) is 0 Å². The molecule has 3 nitrogen and oxygen atoms in total. The minimum absolute atomic E-state index is 0. The predicted octanol–water partition coefficient (Wildman–Crippen LogP) is 11.1. The zero-order chi connectivity index (χ0) is 32.4. The van der Waals surface area contributed by atoms with Gasteiger partial charge in [-0.15, -0.1) is 24.8 Å². The molecule has 0 N–H and O–H groups in total. The van der Waals surface area contributed by atoms with Gasteiger partial charge in [0.05, 0.1) is 5.69 Å². The second-order valence-electron chi connectivity index (χ2n) is 13.7. The van der Waals surface area contributed by atoms with E-state index < -0.39 is 0 Å². The number of nitrogens with zero attached hydrogens (tertiary/aromatic N) is 3. The summed E-state index contributed by atoms with van der Waals surface area (Å²) in [5.74, 6) is 0. The van der Waals surface area contributed by atoms with E-state index in [1.807, 2.05) is 6.20 Å². The van der Waals surface area contributed by atoms with Crippen molar-refractivity contribution in [3.63, 3.8) is 0 Å². The van der Waals surface area contributed by atoms with Crippen molar-refractivity contribution in [2.75, 3.05) is 18.0 Å². The maximum absolute atomic E-state index is 4.79. The van der Waals surface area contributed by atoms with Gasteiger partial charge in [0.15, 0.2) is 0 Å². The van der Waals surface area contributed by atoms with Gasteiger partial charge in [-0.2, -0.15) is 0 Å². The number of halogens is 2. The van der Waals surface area contributed by atoms with Crippen LogP contribution in [0.5, 0.6) is 0 Å². The Morgan fingerprint density at radius 1 is 0.625 bits per heavy atom. The van der Waals surface area contributed by atoms with E-state index >= 15 is 0 Å². The SMILES string of the molecule is Cc1ccc(N(Cc2ccnc(-c3cc(C)c(C)c(C)c3)c2)C2CCN(Cc3cccc(-c4cc(C)c(C)c(C)c4)c3)CC2)cc1.Cl.Cl. The molecule has 4 aromatic carbocycles. The molecule has 6 rings (SSSR count). The highest BCUT2D eigenvalue weighted by atomic mass is 35.5. The van der Waals surface area contributed by atoms with Crippen LogP contribution in [0.3, 0.4) is 0 Å². The van der Waals surface area contributed by atoms with Crippen LogP contribution >= 0.6 is 24.8 Å². The van der Waals surface area contributed by atoms with E-state index in [2.05, 4.69) is 143 Å². The highest BCUT2D eigenvalue weighted by molar-refractivity contribution is 5.85. The standard InChI is InChI=1S/C43H49N3.2ClH/c1-29-11-13-41(14-12-29)46(28-37-15-18-44-43(26-37)40-23-32(4)35(7)33(5)24-40)42-16-19-45(20-17-42)27-36-9-8-10-38(25-36)39-21-30(2)34(6)31(3)22-39;;/h8-15,18,21-26,42H,16-17,19-20,27-28H2,1-7H3;2*1H. The minimum atomic E-state index is 0. The zero-order valence-electron chi connectivity index (χ0n) is 29.6. The monoisotopic (exact) mass is 679 g/mol. The van der Waals surface area contributed by atoms with E-state index in [9.17, 15) is 0 Å². The average Bonchev–Trinajstić information content (AvgIpc) is 3.06. The number of rotatable bonds is 8. The van der Waals surface area contributed by atoms with Crippen LogP contribution < -0.4 is 4.90 Å². The lowest BCUT2D eigenvalue weighted by Gasteiger charge is -2.40. The number of pyridine rings is 1. The summed E-state index contributed by atoms with van der Waals surface area (Å²) in [6.07, 6.45) is 4.29. The van der Waals surface area contributed by atoms with Crippen molar-refractivity contribution in [1.29, 1.82) is 0 Å². The number of aromatic nitrogens is 1. The second kappa shape index (κ2) is 16.2. The van der Waals surface area contributed by atoms with Crippen LogP contribution in [0.4, 0.5) is 5.69 Å². The fourth-order valence-electron chi connectivity index (χ4n) is 6.98. The molecule has 0 saturated carbocycles. The molecular weight excluding hydrogens is 629 g/mol. The molecule has 1 aliphatic rings. The Labute approximate surface area is 301 Å². The first-order valence-corrected chi connectivity index (χ1v) is 16.9. The Balaban J connectivity index is 0.00000260. The van der Waals surface area contributed by atoms with Gasteiger partial charge in [-0.3, -0.25) is 9.88 Å².